The zero-order valence-electron chi connectivity index (χ0n) is 8.18. The number of aryl methyl sites for hydroxylation is 1. The Kier molecular flexibility index (Phi) is 2.91. The molecule has 0 radical (unpaired) electrons. The van der Waals surface area contributed by atoms with Gasteiger partial charge in [-0.15, -0.1) is 0 Å². The molecule has 1 nitrogen and oxygen atoms in total. The second-order valence-electron chi connectivity index (χ2n) is 3.96. The molecule has 1 aromatic carbocycles. The normalized spacial score (nSPS) is 11.6. The number of halogens is 1. The van der Waals surface area contributed by atoms with E-state index >= 15 is 0 Å². The summed E-state index contributed by atoms with van der Waals surface area (Å²) in [5.41, 5.74) is 6.34. The van der Waals surface area contributed by atoms with Gasteiger partial charge in [-0.2, -0.15) is 0 Å². The van der Waals surface area contributed by atoms with Gasteiger partial charge in [0.25, 0.3) is 0 Å². The summed E-state index contributed by atoms with van der Waals surface area (Å²) < 4.78 is 13.1. The predicted octanol–water partition coefficient (Wildman–Crippen LogP) is 2.95. The van der Waals surface area contributed by atoms with Crippen molar-refractivity contribution in [2.45, 2.75) is 32.4 Å². The van der Waals surface area contributed by atoms with Gasteiger partial charge in [0.15, 0.2) is 0 Å². The van der Waals surface area contributed by atoms with Crippen molar-refractivity contribution >= 4 is 5.69 Å². The first-order valence-corrected chi connectivity index (χ1v) is 4.51. The fourth-order valence-electron chi connectivity index (χ4n) is 1.13. The molecule has 0 saturated carbocycles. The molecule has 0 spiro atoms. The first-order chi connectivity index (χ1) is 5.97. The van der Waals surface area contributed by atoms with Crippen LogP contribution in [0.2, 0.25) is 0 Å². The zero-order valence-corrected chi connectivity index (χ0v) is 8.18. The number of alkyl halides is 1. The molecule has 1 rings (SSSR count). The van der Waals surface area contributed by atoms with Crippen LogP contribution in [0.5, 0.6) is 0 Å². The lowest BCUT2D eigenvalue weighted by molar-refractivity contribution is 0.202. The molecule has 0 fully saturated rings. The van der Waals surface area contributed by atoms with Gasteiger partial charge < -0.3 is 5.73 Å². The van der Waals surface area contributed by atoms with Crippen LogP contribution in [0.1, 0.15) is 25.8 Å². The Balaban J connectivity index is 2.51. The quantitative estimate of drug-likeness (QED) is 0.713. The van der Waals surface area contributed by atoms with E-state index in [-0.39, 0.29) is 0 Å². The van der Waals surface area contributed by atoms with Gasteiger partial charge in [0, 0.05) is 5.69 Å². The lowest BCUT2D eigenvalue weighted by Crippen LogP contribution is -2.12. The van der Waals surface area contributed by atoms with E-state index in [1.54, 1.807) is 13.8 Å². The van der Waals surface area contributed by atoms with Crippen LogP contribution in [0.4, 0.5) is 10.1 Å². The van der Waals surface area contributed by atoms with Crippen LogP contribution in [-0.2, 0) is 6.42 Å². The van der Waals surface area contributed by atoms with Crippen LogP contribution in [-0.4, -0.2) is 5.67 Å². The summed E-state index contributed by atoms with van der Waals surface area (Å²) in [5.74, 6) is 0. The summed E-state index contributed by atoms with van der Waals surface area (Å²) in [4.78, 5) is 0. The fourth-order valence-corrected chi connectivity index (χ4v) is 1.13. The molecule has 2 N–H and O–H groups in total. The van der Waals surface area contributed by atoms with Crippen LogP contribution in [0.25, 0.3) is 0 Å². The average Bonchev–Trinajstić information content (AvgIpc) is 2.02. The molecule has 0 unspecified atom stereocenters. The molecule has 72 valence electrons. The summed E-state index contributed by atoms with van der Waals surface area (Å²) in [7, 11) is 0. The van der Waals surface area contributed by atoms with Crippen molar-refractivity contribution in [2.24, 2.45) is 0 Å². The minimum Gasteiger partial charge on any atom is -0.399 e. The molecule has 0 atom stereocenters. The van der Waals surface area contributed by atoms with Crippen molar-refractivity contribution in [3.05, 3.63) is 29.8 Å². The van der Waals surface area contributed by atoms with Gasteiger partial charge in [0.05, 0.1) is 0 Å². The van der Waals surface area contributed by atoms with E-state index in [4.69, 9.17) is 5.73 Å². The number of anilines is 1. The number of nitrogens with two attached hydrogens (primary N) is 1. The molecule has 0 amide bonds. The molecule has 0 aliphatic heterocycles. The Morgan fingerprint density at radius 3 is 2.23 bits per heavy atom. The highest BCUT2D eigenvalue weighted by Gasteiger charge is 2.14. The Labute approximate surface area is 78.8 Å². The summed E-state index contributed by atoms with van der Waals surface area (Å²) in [6.07, 6.45) is 1.32. The maximum atomic E-state index is 13.1. The monoisotopic (exact) mass is 181 g/mol. The van der Waals surface area contributed by atoms with Crippen molar-refractivity contribution in [1.82, 2.24) is 0 Å². The van der Waals surface area contributed by atoms with Crippen LogP contribution >= 0.6 is 0 Å². The van der Waals surface area contributed by atoms with E-state index < -0.39 is 5.67 Å². The Morgan fingerprint density at radius 1 is 1.23 bits per heavy atom. The summed E-state index contributed by atoms with van der Waals surface area (Å²) in [5, 5.41) is 0. The van der Waals surface area contributed by atoms with Crippen LogP contribution < -0.4 is 5.73 Å². The lowest BCUT2D eigenvalue weighted by Gasteiger charge is -2.13. The highest BCUT2D eigenvalue weighted by atomic mass is 19.1. The zero-order chi connectivity index (χ0) is 9.90. The highest BCUT2D eigenvalue weighted by Crippen LogP contribution is 2.17. The molecule has 0 aliphatic carbocycles. The number of hydrogen-bond acceptors (Lipinski definition) is 1. The van der Waals surface area contributed by atoms with E-state index in [9.17, 15) is 4.39 Å². The van der Waals surface area contributed by atoms with Crippen molar-refractivity contribution < 1.29 is 4.39 Å². The van der Waals surface area contributed by atoms with Gasteiger partial charge in [-0.1, -0.05) is 12.1 Å². The molecular weight excluding hydrogens is 165 g/mol. The molecule has 0 bridgehead atoms. The highest BCUT2D eigenvalue weighted by molar-refractivity contribution is 5.39. The third kappa shape index (κ3) is 3.92. The molecule has 2 heteroatoms. The van der Waals surface area contributed by atoms with Crippen molar-refractivity contribution in [1.29, 1.82) is 0 Å². The maximum absolute atomic E-state index is 13.1. The molecule has 1 aromatic rings. The molecule has 0 saturated heterocycles. The van der Waals surface area contributed by atoms with Gasteiger partial charge in [0.1, 0.15) is 5.67 Å². The van der Waals surface area contributed by atoms with Crippen molar-refractivity contribution in [2.75, 3.05) is 5.73 Å². The van der Waals surface area contributed by atoms with Crippen molar-refractivity contribution in [3.8, 4) is 0 Å². The first-order valence-electron chi connectivity index (χ1n) is 4.51. The fraction of sp³-hybridized carbons (Fsp3) is 0.455. The molecule has 0 heterocycles. The van der Waals surface area contributed by atoms with E-state index in [0.717, 1.165) is 17.7 Å². The second kappa shape index (κ2) is 3.77. The third-order valence-electron chi connectivity index (χ3n) is 1.99. The topological polar surface area (TPSA) is 26.0 Å². The Hall–Kier alpha value is -1.05. The number of benzene rings is 1. The SMILES string of the molecule is CC(C)(F)CCc1ccc(N)cc1. The van der Waals surface area contributed by atoms with Gasteiger partial charge in [-0.3, -0.25) is 0 Å². The van der Waals surface area contributed by atoms with Crippen LogP contribution in [0.3, 0.4) is 0 Å². The minimum atomic E-state index is -1.08. The summed E-state index contributed by atoms with van der Waals surface area (Å²) in [6, 6.07) is 7.59. The Morgan fingerprint density at radius 2 is 1.77 bits per heavy atom. The molecule has 13 heavy (non-hydrogen) atoms. The maximum Gasteiger partial charge on any atom is 0.105 e. The standard InChI is InChI=1S/C11H16FN/c1-11(2,12)8-7-9-3-5-10(13)6-4-9/h3-6H,7-8,13H2,1-2H3. The first kappa shape index (κ1) is 10.0. The average molecular weight is 181 g/mol. The van der Waals surface area contributed by atoms with E-state index in [2.05, 4.69) is 0 Å². The number of hydrogen-bond donors (Lipinski definition) is 1. The van der Waals surface area contributed by atoms with Crippen LogP contribution in [0.15, 0.2) is 24.3 Å². The number of nitrogen functional groups attached to an aromatic ring is 1. The van der Waals surface area contributed by atoms with Gasteiger partial charge in [0.2, 0.25) is 0 Å². The second-order valence-corrected chi connectivity index (χ2v) is 3.96. The Bertz CT molecular complexity index is 258. The predicted molar refractivity (Wildman–Crippen MR) is 54.4 cm³/mol. The number of rotatable bonds is 3. The van der Waals surface area contributed by atoms with E-state index in [0.29, 0.717) is 6.42 Å². The molecular formula is C11H16FN. The summed E-state index contributed by atoms with van der Waals surface area (Å²) in [6.45, 7) is 3.20. The minimum absolute atomic E-state index is 0.552. The molecule has 0 aromatic heterocycles. The van der Waals surface area contributed by atoms with E-state index in [1.165, 1.54) is 0 Å². The largest absolute Gasteiger partial charge is 0.399 e. The van der Waals surface area contributed by atoms with E-state index in [1.807, 2.05) is 24.3 Å². The van der Waals surface area contributed by atoms with Crippen molar-refractivity contribution in [3.63, 3.8) is 0 Å². The van der Waals surface area contributed by atoms with Gasteiger partial charge in [-0.05, 0) is 44.4 Å². The van der Waals surface area contributed by atoms with Gasteiger partial charge in [-0.25, -0.2) is 4.39 Å². The smallest absolute Gasteiger partial charge is 0.105 e. The summed E-state index contributed by atoms with van der Waals surface area (Å²) >= 11 is 0. The van der Waals surface area contributed by atoms with Crippen LogP contribution in [0, 0.1) is 0 Å². The lowest BCUT2D eigenvalue weighted by atomic mass is 10.0. The third-order valence-corrected chi connectivity index (χ3v) is 1.99. The van der Waals surface area contributed by atoms with Gasteiger partial charge >= 0.3 is 0 Å². The molecule has 0 aliphatic rings.